The van der Waals surface area contributed by atoms with Gasteiger partial charge in [-0.15, -0.1) is 0 Å². The molecule has 4 aliphatic rings. The van der Waals surface area contributed by atoms with Crippen molar-refractivity contribution < 1.29 is 10.2 Å². The van der Waals surface area contributed by atoms with E-state index in [0.29, 0.717) is 11.8 Å². The van der Waals surface area contributed by atoms with E-state index in [0.717, 1.165) is 38.5 Å². The second kappa shape index (κ2) is 4.68. The molecule has 0 spiro atoms. The first-order chi connectivity index (χ1) is 10.4. The van der Waals surface area contributed by atoms with Crippen LogP contribution in [-0.4, -0.2) is 28.5 Å². The summed E-state index contributed by atoms with van der Waals surface area (Å²) < 4.78 is 0. The molecule has 1 fully saturated rings. The Morgan fingerprint density at radius 1 is 1.18 bits per heavy atom. The molecule has 4 N–H and O–H groups in total. The molecule has 0 saturated heterocycles. The van der Waals surface area contributed by atoms with Crippen LogP contribution in [0.25, 0.3) is 0 Å². The summed E-state index contributed by atoms with van der Waals surface area (Å²) in [6, 6.07) is 0.134. The summed E-state index contributed by atoms with van der Waals surface area (Å²) >= 11 is 0. The van der Waals surface area contributed by atoms with E-state index in [4.69, 9.17) is 5.73 Å². The van der Waals surface area contributed by atoms with Gasteiger partial charge in [-0.2, -0.15) is 0 Å². The van der Waals surface area contributed by atoms with Crippen LogP contribution in [-0.2, 0) is 0 Å². The first-order valence-electron chi connectivity index (χ1n) is 8.91. The predicted molar refractivity (Wildman–Crippen MR) is 87.1 cm³/mol. The van der Waals surface area contributed by atoms with Crippen LogP contribution < -0.4 is 5.73 Å². The first kappa shape index (κ1) is 14.9. The topological polar surface area (TPSA) is 66.5 Å². The number of hydrogen-bond donors (Lipinski definition) is 3. The third kappa shape index (κ3) is 1.79. The number of allylic oxidation sites excluding steroid dienone is 2. The molecule has 1 saturated carbocycles. The van der Waals surface area contributed by atoms with Crippen molar-refractivity contribution in [2.24, 2.45) is 28.4 Å². The van der Waals surface area contributed by atoms with Crippen molar-refractivity contribution >= 4 is 0 Å². The molecular weight excluding hydrogens is 274 g/mol. The molecule has 4 rings (SSSR count). The van der Waals surface area contributed by atoms with Gasteiger partial charge in [0.2, 0.25) is 0 Å². The van der Waals surface area contributed by atoms with Crippen LogP contribution in [0.5, 0.6) is 0 Å². The molecule has 22 heavy (non-hydrogen) atoms. The second-order valence-electron chi connectivity index (χ2n) is 8.58. The molecule has 3 heteroatoms. The Hall–Kier alpha value is -0.640. The van der Waals surface area contributed by atoms with Gasteiger partial charge in [0.05, 0.1) is 12.2 Å². The summed E-state index contributed by atoms with van der Waals surface area (Å²) in [6.45, 7) is 4.57. The molecule has 0 aromatic rings. The summed E-state index contributed by atoms with van der Waals surface area (Å²) in [5.74, 6) is 0.819. The average Bonchev–Trinajstić information content (AvgIpc) is 2.77. The van der Waals surface area contributed by atoms with Crippen molar-refractivity contribution in [1.82, 2.24) is 0 Å². The Bertz CT molecular complexity index is 554. The molecule has 0 aromatic heterocycles. The largest absolute Gasteiger partial charge is 0.393 e. The molecule has 0 aromatic carbocycles. The molecule has 3 nitrogen and oxygen atoms in total. The van der Waals surface area contributed by atoms with Crippen LogP contribution in [0.1, 0.15) is 52.4 Å². The quantitative estimate of drug-likeness (QED) is 0.602. The number of hydrogen-bond acceptors (Lipinski definition) is 3. The van der Waals surface area contributed by atoms with Gasteiger partial charge < -0.3 is 15.9 Å². The molecule has 0 amide bonds. The minimum Gasteiger partial charge on any atom is -0.393 e. The summed E-state index contributed by atoms with van der Waals surface area (Å²) in [5.41, 5.74) is 8.91. The first-order valence-corrected chi connectivity index (χ1v) is 8.91. The van der Waals surface area contributed by atoms with E-state index in [1.807, 2.05) is 0 Å². The number of aliphatic hydroxyl groups excluding tert-OH is 2. The number of nitrogens with two attached hydrogens (primary N) is 1. The van der Waals surface area contributed by atoms with E-state index in [1.165, 1.54) is 11.1 Å². The van der Waals surface area contributed by atoms with Gasteiger partial charge in [-0.05, 0) is 55.9 Å². The van der Waals surface area contributed by atoms with Crippen LogP contribution in [0, 0.1) is 22.7 Å². The lowest BCUT2D eigenvalue weighted by Crippen LogP contribution is -2.49. The summed E-state index contributed by atoms with van der Waals surface area (Å²) in [4.78, 5) is 0. The monoisotopic (exact) mass is 303 g/mol. The highest BCUT2D eigenvalue weighted by Crippen LogP contribution is 2.62. The van der Waals surface area contributed by atoms with Gasteiger partial charge in [0.1, 0.15) is 0 Å². The highest BCUT2D eigenvalue weighted by atomic mass is 16.3. The molecule has 4 unspecified atom stereocenters. The molecule has 0 aliphatic heterocycles. The lowest BCUT2D eigenvalue weighted by molar-refractivity contribution is 0.0115. The smallest absolute Gasteiger partial charge is 0.0759 e. The van der Waals surface area contributed by atoms with Crippen LogP contribution in [0.2, 0.25) is 0 Å². The highest BCUT2D eigenvalue weighted by Gasteiger charge is 2.56. The van der Waals surface area contributed by atoms with Gasteiger partial charge in [-0.3, -0.25) is 0 Å². The van der Waals surface area contributed by atoms with E-state index < -0.39 is 0 Å². The van der Waals surface area contributed by atoms with Gasteiger partial charge in [0.15, 0.2) is 0 Å². The molecule has 4 aliphatic carbocycles. The minimum absolute atomic E-state index is 0.0300. The Kier molecular flexibility index (Phi) is 3.18. The van der Waals surface area contributed by atoms with Gasteiger partial charge in [0.25, 0.3) is 0 Å². The average molecular weight is 303 g/mol. The van der Waals surface area contributed by atoms with E-state index >= 15 is 0 Å². The Morgan fingerprint density at radius 3 is 2.73 bits per heavy atom. The third-order valence-electron chi connectivity index (χ3n) is 7.54. The van der Waals surface area contributed by atoms with Gasteiger partial charge in [-0.25, -0.2) is 0 Å². The molecule has 7 atom stereocenters. The standard InChI is InChI=1S/C19H29NO2/c1-18-7-5-12(20)9-11(18)10-15(21)17-13-3-4-16(22)19(13,2)8-6-14(17)18/h5,7,11-13,15-16,21-22H,3-4,6,8-10,20H2,1-2H3/t11?,12?,13-,15?,16?,18-,19-/m0/s1. The molecule has 0 bridgehead atoms. The van der Waals surface area contributed by atoms with Crippen molar-refractivity contribution in [3.8, 4) is 0 Å². The Labute approximate surface area is 133 Å². The number of aliphatic hydroxyl groups is 2. The fourth-order valence-corrected chi connectivity index (χ4v) is 6.03. The minimum atomic E-state index is -0.332. The predicted octanol–water partition coefficient (Wildman–Crippen LogP) is 2.53. The van der Waals surface area contributed by atoms with Crippen LogP contribution in [0.3, 0.4) is 0 Å². The SMILES string of the molecule is C[C@]12C=CC(N)CC1CC(O)C1=C2CC[C@]2(C)C(O)CC[C@@H]12. The maximum atomic E-state index is 10.9. The fourth-order valence-electron chi connectivity index (χ4n) is 6.03. The van der Waals surface area contributed by atoms with Gasteiger partial charge >= 0.3 is 0 Å². The Balaban J connectivity index is 1.83. The third-order valence-corrected chi connectivity index (χ3v) is 7.54. The molecule has 122 valence electrons. The van der Waals surface area contributed by atoms with Crippen molar-refractivity contribution in [2.75, 3.05) is 0 Å². The van der Waals surface area contributed by atoms with E-state index in [9.17, 15) is 10.2 Å². The van der Waals surface area contributed by atoms with Crippen LogP contribution >= 0.6 is 0 Å². The lowest BCUT2D eigenvalue weighted by Gasteiger charge is -2.53. The maximum Gasteiger partial charge on any atom is 0.0759 e. The maximum absolute atomic E-state index is 10.9. The van der Waals surface area contributed by atoms with Crippen LogP contribution in [0.4, 0.5) is 0 Å². The number of rotatable bonds is 0. The van der Waals surface area contributed by atoms with Crippen LogP contribution in [0.15, 0.2) is 23.3 Å². The molecular formula is C19H29NO2. The van der Waals surface area contributed by atoms with E-state index in [1.54, 1.807) is 0 Å². The Morgan fingerprint density at radius 2 is 1.95 bits per heavy atom. The van der Waals surface area contributed by atoms with E-state index in [-0.39, 0.29) is 29.1 Å². The zero-order valence-corrected chi connectivity index (χ0v) is 13.8. The van der Waals surface area contributed by atoms with Crippen molar-refractivity contribution in [3.63, 3.8) is 0 Å². The molecule has 0 heterocycles. The summed E-state index contributed by atoms with van der Waals surface area (Å²) in [7, 11) is 0. The summed E-state index contributed by atoms with van der Waals surface area (Å²) in [6.07, 6.45) is 9.72. The van der Waals surface area contributed by atoms with Crippen molar-refractivity contribution in [1.29, 1.82) is 0 Å². The van der Waals surface area contributed by atoms with Gasteiger partial charge in [0, 0.05) is 16.9 Å². The zero-order valence-electron chi connectivity index (χ0n) is 13.8. The molecule has 0 radical (unpaired) electrons. The number of fused-ring (bicyclic) bond motifs is 4. The van der Waals surface area contributed by atoms with Gasteiger partial charge in [-0.1, -0.05) is 31.6 Å². The fraction of sp³-hybridized carbons (Fsp3) is 0.789. The van der Waals surface area contributed by atoms with Crippen molar-refractivity contribution in [2.45, 2.75) is 70.6 Å². The summed E-state index contributed by atoms with van der Waals surface area (Å²) in [5, 5.41) is 21.3. The second-order valence-corrected chi connectivity index (χ2v) is 8.58. The van der Waals surface area contributed by atoms with Crippen molar-refractivity contribution in [3.05, 3.63) is 23.3 Å². The lowest BCUT2D eigenvalue weighted by atomic mass is 9.52. The normalized spacial score (nSPS) is 54.0. The highest BCUT2D eigenvalue weighted by molar-refractivity contribution is 5.40. The zero-order chi connectivity index (χ0) is 15.7. The van der Waals surface area contributed by atoms with E-state index in [2.05, 4.69) is 26.0 Å².